The smallest absolute Gasteiger partial charge is 0.257 e. The van der Waals surface area contributed by atoms with E-state index in [-0.39, 0.29) is 12.1 Å². The summed E-state index contributed by atoms with van der Waals surface area (Å²) < 4.78 is 65.9. The number of anilines is 2. The van der Waals surface area contributed by atoms with Crippen LogP contribution in [0.25, 0.3) is 11.1 Å². The van der Waals surface area contributed by atoms with Gasteiger partial charge in [0.05, 0.1) is 137 Å². The molecule has 1 N–H and O–H groups in total. The highest BCUT2D eigenvalue weighted by Crippen LogP contribution is 2.39. The Hall–Kier alpha value is -4.86. The Morgan fingerprint density at radius 2 is 1.26 bits per heavy atom. The first-order chi connectivity index (χ1) is 34.1. The van der Waals surface area contributed by atoms with Gasteiger partial charge >= 0.3 is 0 Å². The summed E-state index contributed by atoms with van der Waals surface area (Å²) in [4.78, 5) is 16.1. The number of hydrogen-bond acceptors (Lipinski definition) is 19. The van der Waals surface area contributed by atoms with Crippen LogP contribution in [-0.2, 0) is 49.2 Å². The lowest BCUT2D eigenvalue weighted by atomic mass is 9.89. The van der Waals surface area contributed by atoms with Crippen molar-refractivity contribution in [3.8, 4) is 28.8 Å². The number of fused-ring (bicyclic) bond motifs is 2. The number of ether oxygens (including phenoxy) is 11. The number of nitrogens with zero attached hydrogens (tertiary/aromatic N) is 9. The van der Waals surface area contributed by atoms with Crippen LogP contribution < -0.4 is 14.8 Å². The van der Waals surface area contributed by atoms with Gasteiger partial charge in [-0.05, 0) is 63.1 Å². The van der Waals surface area contributed by atoms with E-state index in [1.54, 1.807) is 36.6 Å². The van der Waals surface area contributed by atoms with Crippen molar-refractivity contribution in [2.75, 3.05) is 131 Å². The van der Waals surface area contributed by atoms with Crippen molar-refractivity contribution in [3.05, 3.63) is 55.0 Å². The van der Waals surface area contributed by atoms with Crippen LogP contribution in [-0.4, -0.2) is 190 Å². The number of nitriles is 1. The van der Waals surface area contributed by atoms with E-state index in [0.29, 0.717) is 159 Å². The molecule has 378 valence electrons. The van der Waals surface area contributed by atoms with Gasteiger partial charge in [0.1, 0.15) is 42.9 Å². The van der Waals surface area contributed by atoms with E-state index in [2.05, 4.69) is 36.3 Å². The van der Waals surface area contributed by atoms with Crippen LogP contribution in [0, 0.1) is 11.3 Å². The van der Waals surface area contributed by atoms with Crippen molar-refractivity contribution in [3.63, 3.8) is 0 Å². The fourth-order valence-electron chi connectivity index (χ4n) is 8.79. The Labute approximate surface area is 404 Å². The van der Waals surface area contributed by atoms with Crippen molar-refractivity contribution < 1.29 is 52.1 Å². The van der Waals surface area contributed by atoms with Gasteiger partial charge in [-0.3, -0.25) is 9.58 Å². The summed E-state index contributed by atoms with van der Waals surface area (Å²) in [7, 11) is 1.65. The molecule has 3 fully saturated rings. The molecule has 21 heteroatoms. The fraction of sp³-hybridized carbons (Fsp3) is 0.667. The molecule has 3 atom stereocenters. The van der Waals surface area contributed by atoms with Gasteiger partial charge in [-0.1, -0.05) is 6.07 Å². The molecule has 2 saturated heterocycles. The zero-order chi connectivity index (χ0) is 47.7. The van der Waals surface area contributed by atoms with E-state index in [9.17, 15) is 5.26 Å². The maximum atomic E-state index is 9.78. The number of aromatic nitrogens is 7. The SMILES string of the molecule is COCCOCCOCCOCCOCCOCCOCCOCCOc1nn(C2CCC(N3[C@@H]4CC[C@H]3COC4)CC2)cc1Nc1ncc(-c2ccc(C#N)c(O[C@@H](C)Cn3cncn3)c2)cn1. The predicted molar refractivity (Wildman–Crippen MR) is 252 cm³/mol. The summed E-state index contributed by atoms with van der Waals surface area (Å²) in [5.74, 6) is 1.32. The molecule has 2 aliphatic heterocycles. The van der Waals surface area contributed by atoms with E-state index >= 15 is 0 Å². The quantitative estimate of drug-likeness (QED) is 0.0638. The second-order valence-corrected chi connectivity index (χ2v) is 17.1. The van der Waals surface area contributed by atoms with E-state index in [1.807, 2.05) is 29.9 Å². The lowest BCUT2D eigenvalue weighted by Gasteiger charge is -2.43. The summed E-state index contributed by atoms with van der Waals surface area (Å²) in [6.07, 6.45) is 15.1. The summed E-state index contributed by atoms with van der Waals surface area (Å²) >= 11 is 0. The summed E-state index contributed by atoms with van der Waals surface area (Å²) in [5, 5.41) is 22.2. The van der Waals surface area contributed by atoms with Crippen LogP contribution in [0.5, 0.6) is 11.6 Å². The summed E-state index contributed by atoms with van der Waals surface area (Å²) in [5.41, 5.74) is 2.69. The van der Waals surface area contributed by atoms with E-state index in [0.717, 1.165) is 50.0 Å². The van der Waals surface area contributed by atoms with Crippen molar-refractivity contribution in [2.45, 2.75) is 82.3 Å². The van der Waals surface area contributed by atoms with Gasteiger partial charge in [-0.15, -0.1) is 5.10 Å². The molecule has 0 amide bonds. The Morgan fingerprint density at radius 1 is 0.710 bits per heavy atom. The third kappa shape index (κ3) is 16.9. The molecule has 2 bridgehead atoms. The molecule has 4 aromatic rings. The zero-order valence-electron chi connectivity index (χ0n) is 40.2. The Kier molecular flexibility index (Phi) is 22.1. The molecule has 0 radical (unpaired) electrons. The molecule has 0 spiro atoms. The third-order valence-corrected chi connectivity index (χ3v) is 12.2. The minimum atomic E-state index is -0.253. The largest absolute Gasteiger partial charge is 0.487 e. The van der Waals surface area contributed by atoms with Crippen LogP contribution in [0.15, 0.2) is 49.4 Å². The van der Waals surface area contributed by atoms with E-state index < -0.39 is 0 Å². The normalized spacial score (nSPS) is 19.7. The molecular weight excluding hydrogens is 893 g/mol. The molecule has 5 heterocycles. The topological polar surface area (TPSA) is 215 Å². The van der Waals surface area contributed by atoms with Crippen molar-refractivity contribution in [2.24, 2.45) is 0 Å². The zero-order valence-corrected chi connectivity index (χ0v) is 40.2. The minimum absolute atomic E-state index is 0.247. The maximum absolute atomic E-state index is 9.78. The number of methoxy groups -OCH3 is 1. The highest BCUT2D eigenvalue weighted by Gasteiger charge is 2.42. The van der Waals surface area contributed by atoms with Gasteiger partial charge in [0.15, 0.2) is 0 Å². The highest BCUT2D eigenvalue weighted by atomic mass is 16.6. The van der Waals surface area contributed by atoms with Crippen LogP contribution in [0.3, 0.4) is 0 Å². The predicted octanol–water partition coefficient (Wildman–Crippen LogP) is 4.50. The number of hydrogen-bond donors (Lipinski definition) is 1. The second-order valence-electron chi connectivity index (χ2n) is 17.1. The van der Waals surface area contributed by atoms with Gasteiger partial charge < -0.3 is 57.4 Å². The molecule has 7 rings (SSSR count). The van der Waals surface area contributed by atoms with Gasteiger partial charge in [-0.25, -0.2) is 19.6 Å². The average molecular weight is 963 g/mol. The van der Waals surface area contributed by atoms with Gasteiger partial charge in [0.2, 0.25) is 5.95 Å². The van der Waals surface area contributed by atoms with Crippen LogP contribution in [0.1, 0.15) is 57.1 Å². The van der Waals surface area contributed by atoms with Gasteiger partial charge in [0.25, 0.3) is 5.88 Å². The fourth-order valence-corrected chi connectivity index (χ4v) is 8.79. The first-order valence-electron chi connectivity index (χ1n) is 24.3. The molecule has 1 aliphatic carbocycles. The first kappa shape index (κ1) is 52.0. The molecular formula is C48H70N10O11. The molecule has 3 aliphatic rings. The van der Waals surface area contributed by atoms with Crippen LogP contribution >= 0.6 is 0 Å². The molecule has 0 unspecified atom stereocenters. The highest BCUT2D eigenvalue weighted by molar-refractivity contribution is 5.67. The molecule has 69 heavy (non-hydrogen) atoms. The molecule has 1 saturated carbocycles. The van der Waals surface area contributed by atoms with Gasteiger partial charge in [-0.2, -0.15) is 10.4 Å². The number of benzene rings is 1. The Morgan fingerprint density at radius 3 is 1.81 bits per heavy atom. The summed E-state index contributed by atoms with van der Waals surface area (Å²) in [6, 6.07) is 9.61. The summed E-state index contributed by atoms with van der Waals surface area (Å²) in [6.45, 7) is 11.8. The van der Waals surface area contributed by atoms with Crippen molar-refractivity contribution >= 4 is 11.6 Å². The van der Waals surface area contributed by atoms with Crippen LogP contribution in [0.4, 0.5) is 11.6 Å². The molecule has 1 aromatic carbocycles. The third-order valence-electron chi connectivity index (χ3n) is 12.2. The first-order valence-corrected chi connectivity index (χ1v) is 24.3. The minimum Gasteiger partial charge on any atom is -0.487 e. The van der Waals surface area contributed by atoms with E-state index in [4.69, 9.17) is 57.2 Å². The monoisotopic (exact) mass is 963 g/mol. The van der Waals surface area contributed by atoms with Crippen molar-refractivity contribution in [1.82, 2.24) is 39.4 Å². The average Bonchev–Trinajstić information content (AvgIpc) is 4.10. The van der Waals surface area contributed by atoms with Crippen molar-refractivity contribution in [1.29, 1.82) is 5.26 Å². The van der Waals surface area contributed by atoms with E-state index in [1.165, 1.54) is 19.2 Å². The Bertz CT molecular complexity index is 2050. The standard InChI is InChI=1S/C48H70N10O11/c1-37(31-56-36-50-35-53-56)69-46-27-38(3-4-39(46)28-49)40-29-51-48(52-30-40)54-45-32-57(41-5-7-42(8-6-41)58-43-9-10-44(58)34-67-33-43)55-47(45)68-26-25-66-24-23-65-22-21-64-20-19-63-18-17-62-16-15-61-14-13-60-12-11-59-2/h3-4,27,29-30,32,35-37,41-44H,5-26,31,33-34H2,1-2H3,(H,51,52,54)/t37-,41?,42?,43-,44+/m0/s1. The lowest BCUT2D eigenvalue weighted by molar-refractivity contribution is -0.0458. The second kappa shape index (κ2) is 29.4. The lowest BCUT2D eigenvalue weighted by Crippen LogP contribution is -2.52. The Balaban J connectivity index is 0.821. The molecule has 3 aromatic heterocycles. The molecule has 21 nitrogen and oxygen atoms in total. The maximum Gasteiger partial charge on any atom is 0.257 e. The van der Waals surface area contributed by atoms with Crippen LogP contribution in [0.2, 0.25) is 0 Å². The number of nitrogens with one attached hydrogen (secondary N) is 1. The number of morpholine rings is 1. The number of rotatable bonds is 34. The van der Waals surface area contributed by atoms with Gasteiger partial charge in [0, 0.05) is 43.2 Å².